The van der Waals surface area contributed by atoms with E-state index in [4.69, 9.17) is 14.2 Å². The Balaban J connectivity index is 2.43. The second-order valence-corrected chi connectivity index (χ2v) is 4.81. The lowest BCUT2D eigenvalue weighted by Gasteiger charge is -2.28. The number of hydrogen-bond acceptors (Lipinski definition) is 4. The Kier molecular flexibility index (Phi) is 5.05. The summed E-state index contributed by atoms with van der Waals surface area (Å²) in [6, 6.07) is 4.31. The highest BCUT2D eigenvalue weighted by atomic mass is 16.5. The molecule has 1 saturated heterocycles. The molecule has 0 spiro atoms. The van der Waals surface area contributed by atoms with Gasteiger partial charge in [-0.15, -0.1) is 0 Å². The second kappa shape index (κ2) is 6.78. The van der Waals surface area contributed by atoms with Crippen molar-refractivity contribution in [2.24, 2.45) is 0 Å². The van der Waals surface area contributed by atoms with Crippen molar-refractivity contribution in [3.63, 3.8) is 0 Å². The first-order valence-corrected chi connectivity index (χ1v) is 6.78. The average molecular weight is 265 g/mol. The van der Waals surface area contributed by atoms with Crippen LogP contribution in [0.25, 0.3) is 0 Å². The number of benzene rings is 1. The van der Waals surface area contributed by atoms with E-state index in [1.165, 1.54) is 12.8 Å². The SMILES string of the molecule is COCc1ccc(OC)c(C2CCCCN2)c1OC. The molecule has 4 heteroatoms. The Morgan fingerprint density at radius 1 is 1.16 bits per heavy atom. The van der Waals surface area contributed by atoms with Crippen LogP contribution in [0.4, 0.5) is 0 Å². The van der Waals surface area contributed by atoms with Crippen molar-refractivity contribution in [1.29, 1.82) is 0 Å². The molecule has 106 valence electrons. The molecule has 0 radical (unpaired) electrons. The molecule has 1 aliphatic rings. The van der Waals surface area contributed by atoms with Gasteiger partial charge in [-0.25, -0.2) is 0 Å². The average Bonchev–Trinajstić information content (AvgIpc) is 2.48. The molecule has 0 aliphatic carbocycles. The summed E-state index contributed by atoms with van der Waals surface area (Å²) in [4.78, 5) is 0. The highest BCUT2D eigenvalue weighted by molar-refractivity contribution is 5.52. The van der Waals surface area contributed by atoms with Gasteiger partial charge < -0.3 is 19.5 Å². The molecule has 1 heterocycles. The molecule has 19 heavy (non-hydrogen) atoms. The van der Waals surface area contributed by atoms with Crippen LogP contribution in [0, 0.1) is 0 Å². The predicted octanol–water partition coefficient (Wildman–Crippen LogP) is 2.66. The molecule has 1 N–H and O–H groups in total. The number of ether oxygens (including phenoxy) is 3. The van der Waals surface area contributed by atoms with Crippen LogP contribution in [-0.2, 0) is 11.3 Å². The van der Waals surface area contributed by atoms with Crippen molar-refractivity contribution in [2.75, 3.05) is 27.9 Å². The molecule has 4 nitrogen and oxygen atoms in total. The summed E-state index contributed by atoms with van der Waals surface area (Å²) in [5.74, 6) is 1.77. The maximum absolute atomic E-state index is 5.62. The highest BCUT2D eigenvalue weighted by Gasteiger charge is 2.24. The van der Waals surface area contributed by atoms with Gasteiger partial charge >= 0.3 is 0 Å². The van der Waals surface area contributed by atoms with Gasteiger partial charge in [0.15, 0.2) is 0 Å². The molecule has 1 aromatic rings. The van der Waals surface area contributed by atoms with Crippen LogP contribution >= 0.6 is 0 Å². The van der Waals surface area contributed by atoms with Crippen LogP contribution in [0.5, 0.6) is 11.5 Å². The molecule has 0 saturated carbocycles. The molecular weight excluding hydrogens is 242 g/mol. The highest BCUT2D eigenvalue weighted by Crippen LogP contribution is 2.40. The van der Waals surface area contributed by atoms with Gasteiger partial charge in [0.05, 0.1) is 26.4 Å². The molecule has 0 aromatic heterocycles. The lowest BCUT2D eigenvalue weighted by molar-refractivity contribution is 0.181. The van der Waals surface area contributed by atoms with Crippen LogP contribution in [0.1, 0.15) is 36.4 Å². The van der Waals surface area contributed by atoms with Crippen molar-refractivity contribution >= 4 is 0 Å². The van der Waals surface area contributed by atoms with E-state index in [9.17, 15) is 0 Å². The van der Waals surface area contributed by atoms with Crippen molar-refractivity contribution in [1.82, 2.24) is 5.32 Å². The van der Waals surface area contributed by atoms with Gasteiger partial charge in [0.1, 0.15) is 11.5 Å². The topological polar surface area (TPSA) is 39.7 Å². The zero-order chi connectivity index (χ0) is 13.7. The van der Waals surface area contributed by atoms with Crippen molar-refractivity contribution in [3.05, 3.63) is 23.3 Å². The van der Waals surface area contributed by atoms with Gasteiger partial charge in [0, 0.05) is 18.7 Å². The molecule has 0 bridgehead atoms. The third kappa shape index (κ3) is 3.01. The quantitative estimate of drug-likeness (QED) is 0.888. The number of hydrogen-bond donors (Lipinski definition) is 1. The lowest BCUT2D eigenvalue weighted by Crippen LogP contribution is -2.27. The first-order valence-electron chi connectivity index (χ1n) is 6.78. The van der Waals surface area contributed by atoms with E-state index in [1.807, 2.05) is 12.1 Å². The first kappa shape index (κ1) is 14.2. The minimum Gasteiger partial charge on any atom is -0.496 e. The molecule has 0 amide bonds. The smallest absolute Gasteiger partial charge is 0.132 e. The number of piperidine rings is 1. The fourth-order valence-corrected chi connectivity index (χ4v) is 2.74. The first-order chi connectivity index (χ1) is 9.31. The summed E-state index contributed by atoms with van der Waals surface area (Å²) in [6.07, 6.45) is 3.58. The molecule has 1 unspecified atom stereocenters. The maximum Gasteiger partial charge on any atom is 0.132 e. The van der Waals surface area contributed by atoms with Gasteiger partial charge in [-0.3, -0.25) is 0 Å². The summed E-state index contributed by atoms with van der Waals surface area (Å²) < 4.78 is 16.4. The van der Waals surface area contributed by atoms with E-state index in [-0.39, 0.29) is 0 Å². The predicted molar refractivity (Wildman–Crippen MR) is 74.9 cm³/mol. The minimum atomic E-state index is 0.301. The summed E-state index contributed by atoms with van der Waals surface area (Å²) in [7, 11) is 5.11. The van der Waals surface area contributed by atoms with Gasteiger partial charge in [-0.05, 0) is 31.5 Å². The Morgan fingerprint density at radius 2 is 2.00 bits per heavy atom. The fraction of sp³-hybridized carbons (Fsp3) is 0.600. The van der Waals surface area contributed by atoms with Crippen LogP contribution < -0.4 is 14.8 Å². The van der Waals surface area contributed by atoms with Gasteiger partial charge in [0.2, 0.25) is 0 Å². The summed E-state index contributed by atoms with van der Waals surface area (Å²) in [5.41, 5.74) is 2.19. The Hall–Kier alpha value is -1.26. The van der Waals surface area contributed by atoms with Crippen LogP contribution in [-0.4, -0.2) is 27.9 Å². The van der Waals surface area contributed by atoms with Crippen LogP contribution in [0.2, 0.25) is 0 Å². The summed E-state index contributed by atoms with van der Waals surface area (Å²) in [5, 5.41) is 3.55. The number of rotatable bonds is 5. The van der Waals surface area contributed by atoms with Crippen LogP contribution in [0.3, 0.4) is 0 Å². The van der Waals surface area contributed by atoms with Gasteiger partial charge in [-0.1, -0.05) is 6.42 Å². The molecule has 1 atom stereocenters. The van der Waals surface area contributed by atoms with E-state index >= 15 is 0 Å². The molecule has 1 aliphatic heterocycles. The van der Waals surface area contributed by atoms with E-state index in [1.54, 1.807) is 21.3 Å². The second-order valence-electron chi connectivity index (χ2n) is 4.81. The van der Waals surface area contributed by atoms with E-state index in [0.29, 0.717) is 12.6 Å². The van der Waals surface area contributed by atoms with Crippen molar-refractivity contribution in [2.45, 2.75) is 31.9 Å². The van der Waals surface area contributed by atoms with Crippen LogP contribution in [0.15, 0.2) is 12.1 Å². The monoisotopic (exact) mass is 265 g/mol. The Labute approximate surface area is 115 Å². The largest absolute Gasteiger partial charge is 0.496 e. The minimum absolute atomic E-state index is 0.301. The summed E-state index contributed by atoms with van der Waals surface area (Å²) in [6.45, 7) is 1.60. The lowest BCUT2D eigenvalue weighted by atomic mass is 9.94. The molecular formula is C15H23NO3. The Bertz CT molecular complexity index is 414. The van der Waals surface area contributed by atoms with E-state index < -0.39 is 0 Å². The van der Waals surface area contributed by atoms with Gasteiger partial charge in [-0.2, -0.15) is 0 Å². The maximum atomic E-state index is 5.62. The number of methoxy groups -OCH3 is 3. The van der Waals surface area contributed by atoms with Crippen molar-refractivity contribution < 1.29 is 14.2 Å². The molecule has 1 aromatic carbocycles. The number of nitrogens with one attached hydrogen (secondary N) is 1. The summed E-state index contributed by atoms with van der Waals surface area (Å²) >= 11 is 0. The zero-order valence-corrected chi connectivity index (χ0v) is 12.0. The van der Waals surface area contributed by atoms with Gasteiger partial charge in [0.25, 0.3) is 0 Å². The molecule has 2 rings (SSSR count). The molecule has 1 fully saturated rings. The third-order valence-electron chi connectivity index (χ3n) is 3.62. The van der Waals surface area contributed by atoms with E-state index in [2.05, 4.69) is 5.32 Å². The third-order valence-corrected chi connectivity index (χ3v) is 3.62. The van der Waals surface area contributed by atoms with Crippen molar-refractivity contribution in [3.8, 4) is 11.5 Å². The van der Waals surface area contributed by atoms with E-state index in [0.717, 1.165) is 35.6 Å². The normalized spacial score (nSPS) is 19.2. The standard InChI is InChI=1S/C15H23NO3/c1-17-10-11-7-8-13(18-2)14(15(11)19-3)12-6-4-5-9-16-12/h7-8,12,16H,4-6,9-10H2,1-3H3. The Morgan fingerprint density at radius 3 is 2.58 bits per heavy atom. The zero-order valence-electron chi connectivity index (χ0n) is 12.0. The fourth-order valence-electron chi connectivity index (χ4n) is 2.74.